The van der Waals surface area contributed by atoms with E-state index < -0.39 is 10.0 Å². The van der Waals surface area contributed by atoms with E-state index in [-0.39, 0.29) is 18.3 Å². The van der Waals surface area contributed by atoms with Crippen molar-refractivity contribution < 1.29 is 17.6 Å². The highest BCUT2D eigenvalue weighted by atomic mass is 32.2. The minimum Gasteiger partial charge on any atom is -0.362 e. The molecule has 4 rings (SSSR count). The Hall–Kier alpha value is -2.98. The zero-order valence-electron chi connectivity index (χ0n) is 16.8. The molecule has 1 amide bonds. The van der Waals surface area contributed by atoms with E-state index in [9.17, 15) is 17.6 Å². The number of fused-ring (bicyclic) bond motifs is 1. The summed E-state index contributed by atoms with van der Waals surface area (Å²) >= 11 is 1.30. The Labute approximate surface area is 184 Å². The maximum atomic E-state index is 13.1. The number of carbonyl (C=O) groups excluding carboxylic acids is 1. The molecule has 0 atom stereocenters. The Morgan fingerprint density at radius 3 is 2.74 bits per heavy atom. The number of nitrogens with one attached hydrogen (secondary N) is 2. The van der Waals surface area contributed by atoms with Gasteiger partial charge in [0.05, 0.1) is 24.2 Å². The second-order valence-corrected chi connectivity index (χ2v) is 9.90. The second-order valence-electron chi connectivity index (χ2n) is 7.30. The Morgan fingerprint density at radius 2 is 2.00 bits per heavy atom. The van der Waals surface area contributed by atoms with Gasteiger partial charge in [-0.05, 0) is 54.8 Å². The molecule has 10 heteroatoms. The van der Waals surface area contributed by atoms with Gasteiger partial charge >= 0.3 is 0 Å². The summed E-state index contributed by atoms with van der Waals surface area (Å²) in [6.45, 7) is 0.822. The molecule has 0 spiro atoms. The molecular weight excluding hydrogens is 439 g/mol. The third-order valence-corrected chi connectivity index (χ3v) is 6.22. The molecule has 1 aromatic heterocycles. The first-order valence-corrected chi connectivity index (χ1v) is 12.4. The number of hydrogen-bond donors (Lipinski definition) is 2. The lowest BCUT2D eigenvalue weighted by Crippen LogP contribution is -2.37. The predicted molar refractivity (Wildman–Crippen MR) is 122 cm³/mol. The van der Waals surface area contributed by atoms with Gasteiger partial charge in [0, 0.05) is 23.2 Å². The van der Waals surface area contributed by atoms with E-state index in [0.29, 0.717) is 23.1 Å². The van der Waals surface area contributed by atoms with Crippen LogP contribution in [-0.2, 0) is 21.2 Å². The Balaban J connectivity index is 1.46. The smallest absolute Gasteiger partial charge is 0.245 e. The van der Waals surface area contributed by atoms with E-state index in [4.69, 9.17) is 0 Å². The van der Waals surface area contributed by atoms with E-state index >= 15 is 0 Å². The topological polar surface area (TPSA) is 91.4 Å². The quantitative estimate of drug-likeness (QED) is 0.585. The predicted octanol–water partition coefficient (Wildman–Crippen LogP) is 3.71. The van der Waals surface area contributed by atoms with E-state index in [1.807, 2.05) is 16.3 Å². The number of amides is 1. The standard InChI is InChI=1S/C21H21FN4O3S2/c1-31(28,29)25-17-5-2-6-19-16(17)4-3-11-26(19)12-20(27)24-21-23-18(13-30-21)14-7-9-15(22)10-8-14/h2,5-10,13,25H,3-4,11-12H2,1H3,(H,23,24,27). The van der Waals surface area contributed by atoms with Crippen LogP contribution in [0.15, 0.2) is 47.8 Å². The van der Waals surface area contributed by atoms with Crippen LogP contribution in [0.25, 0.3) is 11.3 Å². The van der Waals surface area contributed by atoms with Crippen molar-refractivity contribution in [1.29, 1.82) is 0 Å². The van der Waals surface area contributed by atoms with Crippen LogP contribution in [0, 0.1) is 5.82 Å². The van der Waals surface area contributed by atoms with Crippen molar-refractivity contribution in [2.24, 2.45) is 0 Å². The average Bonchev–Trinajstić information content (AvgIpc) is 3.16. The molecule has 0 fully saturated rings. The Morgan fingerprint density at radius 1 is 1.23 bits per heavy atom. The molecule has 0 bridgehead atoms. The van der Waals surface area contributed by atoms with Crippen LogP contribution < -0.4 is 14.9 Å². The number of sulfonamides is 1. The molecule has 7 nitrogen and oxygen atoms in total. The summed E-state index contributed by atoms with van der Waals surface area (Å²) in [5, 5.41) is 5.09. The summed E-state index contributed by atoms with van der Waals surface area (Å²) in [5.41, 5.74) is 3.73. The molecule has 162 valence electrons. The number of hydrogen-bond acceptors (Lipinski definition) is 6. The molecule has 2 aromatic carbocycles. The van der Waals surface area contributed by atoms with Gasteiger partial charge in [-0.25, -0.2) is 17.8 Å². The van der Waals surface area contributed by atoms with E-state index in [2.05, 4.69) is 15.0 Å². The van der Waals surface area contributed by atoms with Gasteiger partial charge in [-0.15, -0.1) is 11.3 Å². The fourth-order valence-corrected chi connectivity index (χ4v) is 4.90. The number of aromatic nitrogens is 1. The van der Waals surface area contributed by atoms with Crippen molar-refractivity contribution in [2.75, 3.05) is 34.3 Å². The van der Waals surface area contributed by atoms with Crippen molar-refractivity contribution in [3.63, 3.8) is 0 Å². The van der Waals surface area contributed by atoms with Crippen molar-refractivity contribution in [3.05, 3.63) is 59.2 Å². The number of anilines is 3. The molecule has 2 N–H and O–H groups in total. The van der Waals surface area contributed by atoms with Crippen LogP contribution in [0.4, 0.5) is 20.9 Å². The molecule has 2 heterocycles. The number of carbonyl (C=O) groups is 1. The Kier molecular flexibility index (Phi) is 5.92. The van der Waals surface area contributed by atoms with Crippen LogP contribution in [0.1, 0.15) is 12.0 Å². The molecule has 31 heavy (non-hydrogen) atoms. The third kappa shape index (κ3) is 5.20. The highest BCUT2D eigenvalue weighted by Crippen LogP contribution is 2.33. The van der Waals surface area contributed by atoms with Gasteiger partial charge in [-0.1, -0.05) is 6.07 Å². The zero-order valence-corrected chi connectivity index (χ0v) is 18.4. The summed E-state index contributed by atoms with van der Waals surface area (Å²) < 4.78 is 39.0. The average molecular weight is 461 g/mol. The minimum absolute atomic E-state index is 0.126. The summed E-state index contributed by atoms with van der Waals surface area (Å²) in [6, 6.07) is 11.4. The minimum atomic E-state index is -3.39. The summed E-state index contributed by atoms with van der Waals surface area (Å²) in [6.07, 6.45) is 2.67. The van der Waals surface area contributed by atoms with E-state index in [1.54, 1.807) is 24.3 Å². The molecule has 1 aliphatic rings. The van der Waals surface area contributed by atoms with Crippen molar-refractivity contribution in [2.45, 2.75) is 12.8 Å². The molecule has 0 radical (unpaired) electrons. The Bertz CT molecular complexity index is 1210. The lowest BCUT2D eigenvalue weighted by molar-refractivity contribution is -0.115. The summed E-state index contributed by atoms with van der Waals surface area (Å²) in [7, 11) is -3.39. The van der Waals surface area contributed by atoms with Crippen molar-refractivity contribution in [3.8, 4) is 11.3 Å². The molecular formula is C21H21FN4O3S2. The fraction of sp³-hybridized carbons (Fsp3) is 0.238. The first kappa shape index (κ1) is 21.3. The van der Waals surface area contributed by atoms with Crippen LogP contribution in [0.2, 0.25) is 0 Å². The van der Waals surface area contributed by atoms with E-state index in [0.717, 1.165) is 35.9 Å². The van der Waals surface area contributed by atoms with Gasteiger partial charge in [0.15, 0.2) is 5.13 Å². The molecule has 0 aliphatic carbocycles. The first-order valence-electron chi connectivity index (χ1n) is 9.64. The van der Waals surface area contributed by atoms with Crippen LogP contribution in [0.5, 0.6) is 0 Å². The lowest BCUT2D eigenvalue weighted by Gasteiger charge is -2.31. The summed E-state index contributed by atoms with van der Waals surface area (Å²) in [5.74, 6) is -0.529. The summed E-state index contributed by atoms with van der Waals surface area (Å²) in [4.78, 5) is 19.0. The van der Waals surface area contributed by atoms with Crippen molar-refractivity contribution >= 4 is 43.8 Å². The number of rotatable bonds is 6. The molecule has 0 saturated heterocycles. The highest BCUT2D eigenvalue weighted by molar-refractivity contribution is 7.92. The molecule has 1 aliphatic heterocycles. The molecule has 3 aromatic rings. The largest absolute Gasteiger partial charge is 0.362 e. The zero-order chi connectivity index (χ0) is 22.0. The highest BCUT2D eigenvalue weighted by Gasteiger charge is 2.22. The maximum absolute atomic E-state index is 13.1. The lowest BCUT2D eigenvalue weighted by atomic mass is 10.00. The monoisotopic (exact) mass is 460 g/mol. The van der Waals surface area contributed by atoms with Gasteiger partial charge in [-0.3, -0.25) is 9.52 Å². The normalized spacial score (nSPS) is 13.5. The van der Waals surface area contributed by atoms with Gasteiger partial charge in [-0.2, -0.15) is 0 Å². The number of benzene rings is 2. The molecule has 0 saturated carbocycles. The van der Waals surface area contributed by atoms with Gasteiger partial charge in [0.1, 0.15) is 5.82 Å². The van der Waals surface area contributed by atoms with Gasteiger partial charge < -0.3 is 10.2 Å². The first-order chi connectivity index (χ1) is 14.8. The number of halogens is 1. The second kappa shape index (κ2) is 8.64. The maximum Gasteiger partial charge on any atom is 0.245 e. The SMILES string of the molecule is CS(=O)(=O)Nc1cccc2c1CCCN2CC(=O)Nc1nc(-c2ccc(F)cc2)cs1. The van der Waals surface area contributed by atoms with Gasteiger partial charge in [0.25, 0.3) is 0 Å². The third-order valence-electron chi connectivity index (χ3n) is 4.87. The molecule has 0 unspecified atom stereocenters. The number of thiazole rings is 1. The van der Waals surface area contributed by atoms with Crippen molar-refractivity contribution in [1.82, 2.24) is 4.98 Å². The van der Waals surface area contributed by atoms with Gasteiger partial charge in [0.2, 0.25) is 15.9 Å². The number of nitrogens with zero attached hydrogens (tertiary/aromatic N) is 2. The van der Waals surface area contributed by atoms with Crippen LogP contribution >= 0.6 is 11.3 Å². The van der Waals surface area contributed by atoms with E-state index in [1.165, 1.54) is 23.5 Å². The fourth-order valence-electron chi connectivity index (χ4n) is 3.58. The van der Waals surface area contributed by atoms with Crippen LogP contribution in [-0.4, -0.2) is 38.7 Å². The van der Waals surface area contributed by atoms with Crippen LogP contribution in [0.3, 0.4) is 0 Å².